The van der Waals surface area contributed by atoms with Crippen LogP contribution in [-0.4, -0.2) is 18.2 Å². The van der Waals surface area contributed by atoms with Gasteiger partial charge in [-0.2, -0.15) is 0 Å². The van der Waals surface area contributed by atoms with Crippen LogP contribution in [-0.2, 0) is 14.6 Å². The maximum absolute atomic E-state index is 10.5. The van der Waals surface area contributed by atoms with Gasteiger partial charge in [0.05, 0.1) is 0 Å². The normalized spacial score (nSPS) is 15.0. The largest absolute Gasteiger partial charge is 0.447 e. The highest BCUT2D eigenvalue weighted by Crippen LogP contribution is 1.93. The lowest BCUT2D eigenvalue weighted by Crippen LogP contribution is -2.22. The Morgan fingerprint density at radius 2 is 2.10 bits per heavy atom. The van der Waals surface area contributed by atoms with Gasteiger partial charge >= 0.3 is 5.97 Å². The molecule has 0 aliphatic rings. The van der Waals surface area contributed by atoms with Crippen molar-refractivity contribution in [3.05, 3.63) is 0 Å². The molecule has 3 heteroatoms. The Balaban J connectivity index is 3.71. The highest BCUT2D eigenvalue weighted by atomic mass is 16.6. The first-order valence-corrected chi connectivity index (χ1v) is 2.90. The molecule has 2 atom stereocenters. The van der Waals surface area contributed by atoms with E-state index in [1.54, 1.807) is 0 Å². The zero-order chi connectivity index (χ0) is 8.15. The molecule has 0 heterocycles. The van der Waals surface area contributed by atoms with Crippen molar-refractivity contribution in [2.24, 2.45) is 0 Å². The first kappa shape index (κ1) is 8.99. The van der Waals surface area contributed by atoms with Gasteiger partial charge in [0.15, 0.2) is 12.2 Å². The number of carbonyl (C=O) groups is 1. The summed E-state index contributed by atoms with van der Waals surface area (Å²) in [7, 11) is 0. The first-order valence-electron chi connectivity index (χ1n) is 2.90. The molecule has 0 spiro atoms. The monoisotopic (exact) mass is 141 g/mol. The zero-order valence-electron chi connectivity index (χ0n) is 5.96. The minimum atomic E-state index is -1.35. The summed E-state index contributed by atoms with van der Waals surface area (Å²) in [5.74, 6) is 1.37. The SMILES string of the molecule is C#CC(C)OC(=O)C(C)[O]. The van der Waals surface area contributed by atoms with Crippen molar-refractivity contribution < 1.29 is 14.6 Å². The maximum atomic E-state index is 10.5. The lowest BCUT2D eigenvalue weighted by Gasteiger charge is -2.06. The average molecular weight is 141 g/mol. The zero-order valence-corrected chi connectivity index (χ0v) is 5.96. The molecular formula is C7H9O3. The fraction of sp³-hybridized carbons (Fsp3) is 0.571. The standard InChI is InChI=1S/C7H9O3/c1-4-5(2)10-7(9)6(3)8/h1,5-6H,2-3H3. The smallest absolute Gasteiger partial charge is 0.339 e. The van der Waals surface area contributed by atoms with Crippen molar-refractivity contribution in [2.45, 2.75) is 26.1 Å². The molecule has 2 unspecified atom stereocenters. The molecule has 0 N–H and O–H groups in total. The molecule has 0 aliphatic carbocycles. The van der Waals surface area contributed by atoms with E-state index in [2.05, 4.69) is 10.7 Å². The van der Waals surface area contributed by atoms with Gasteiger partial charge in [0.1, 0.15) is 0 Å². The summed E-state index contributed by atoms with van der Waals surface area (Å²) in [4.78, 5) is 10.5. The molecule has 0 fully saturated rings. The summed E-state index contributed by atoms with van der Waals surface area (Å²) < 4.78 is 4.47. The van der Waals surface area contributed by atoms with Gasteiger partial charge in [-0.25, -0.2) is 9.90 Å². The van der Waals surface area contributed by atoms with Crippen LogP contribution in [0.4, 0.5) is 0 Å². The Labute approximate surface area is 60.0 Å². The predicted octanol–water partition coefficient (Wildman–Crippen LogP) is 0.370. The summed E-state index contributed by atoms with van der Waals surface area (Å²) in [6.45, 7) is 2.74. The molecule has 0 amide bonds. The lowest BCUT2D eigenvalue weighted by atomic mass is 10.4. The molecule has 1 radical (unpaired) electrons. The van der Waals surface area contributed by atoms with Crippen molar-refractivity contribution >= 4 is 5.97 Å². The van der Waals surface area contributed by atoms with E-state index in [1.807, 2.05) is 0 Å². The van der Waals surface area contributed by atoms with Gasteiger partial charge in [0.25, 0.3) is 0 Å². The number of terminal acetylenes is 1. The topological polar surface area (TPSA) is 46.2 Å². The van der Waals surface area contributed by atoms with Crippen LogP contribution in [0.3, 0.4) is 0 Å². The summed E-state index contributed by atoms with van der Waals surface area (Å²) >= 11 is 0. The van der Waals surface area contributed by atoms with E-state index in [4.69, 9.17) is 6.42 Å². The van der Waals surface area contributed by atoms with Crippen LogP contribution in [0, 0.1) is 12.3 Å². The molecule has 0 bridgehead atoms. The number of esters is 1. The van der Waals surface area contributed by atoms with Crippen LogP contribution in [0.5, 0.6) is 0 Å². The van der Waals surface area contributed by atoms with Crippen molar-refractivity contribution in [1.82, 2.24) is 0 Å². The van der Waals surface area contributed by atoms with Gasteiger partial charge in [-0.3, -0.25) is 0 Å². The van der Waals surface area contributed by atoms with Crippen LogP contribution < -0.4 is 0 Å². The summed E-state index contributed by atoms with van der Waals surface area (Å²) in [6, 6.07) is 0. The minimum Gasteiger partial charge on any atom is -0.447 e. The minimum absolute atomic E-state index is 0.608. The number of hydrogen-bond donors (Lipinski definition) is 0. The average Bonchev–Trinajstić information content (AvgIpc) is 1.87. The fourth-order valence-electron chi connectivity index (χ4n) is 0.304. The van der Waals surface area contributed by atoms with Crippen LogP contribution in [0.15, 0.2) is 0 Å². The first-order chi connectivity index (χ1) is 4.57. The van der Waals surface area contributed by atoms with Gasteiger partial charge in [-0.15, -0.1) is 6.42 Å². The highest BCUT2D eigenvalue weighted by Gasteiger charge is 2.13. The van der Waals surface area contributed by atoms with Gasteiger partial charge < -0.3 is 4.74 Å². The van der Waals surface area contributed by atoms with Crippen molar-refractivity contribution in [2.75, 3.05) is 0 Å². The molecule has 0 aromatic rings. The van der Waals surface area contributed by atoms with E-state index < -0.39 is 18.2 Å². The van der Waals surface area contributed by atoms with E-state index in [0.29, 0.717) is 0 Å². The van der Waals surface area contributed by atoms with Gasteiger partial charge in [-0.1, -0.05) is 5.92 Å². The van der Waals surface area contributed by atoms with E-state index in [-0.39, 0.29) is 0 Å². The highest BCUT2D eigenvalue weighted by molar-refractivity contribution is 5.74. The van der Waals surface area contributed by atoms with E-state index in [1.165, 1.54) is 13.8 Å². The Hall–Kier alpha value is -1.01. The summed E-state index contributed by atoms with van der Waals surface area (Å²) in [5, 5.41) is 10.3. The van der Waals surface area contributed by atoms with E-state index >= 15 is 0 Å². The third-order valence-corrected chi connectivity index (χ3v) is 0.860. The Morgan fingerprint density at radius 1 is 1.60 bits per heavy atom. The number of hydrogen-bond acceptors (Lipinski definition) is 2. The predicted molar refractivity (Wildman–Crippen MR) is 34.5 cm³/mol. The van der Waals surface area contributed by atoms with Crippen molar-refractivity contribution in [1.29, 1.82) is 0 Å². The van der Waals surface area contributed by atoms with Gasteiger partial charge in [0.2, 0.25) is 0 Å². The van der Waals surface area contributed by atoms with E-state index in [0.717, 1.165) is 0 Å². The van der Waals surface area contributed by atoms with Gasteiger partial charge in [-0.05, 0) is 13.8 Å². The summed E-state index contributed by atoms with van der Waals surface area (Å²) in [5.41, 5.74) is 0. The molecule has 3 nitrogen and oxygen atoms in total. The van der Waals surface area contributed by atoms with Crippen LogP contribution in [0.2, 0.25) is 0 Å². The van der Waals surface area contributed by atoms with E-state index in [9.17, 15) is 9.90 Å². The van der Waals surface area contributed by atoms with Crippen LogP contribution >= 0.6 is 0 Å². The summed E-state index contributed by atoms with van der Waals surface area (Å²) in [6.07, 6.45) is 2.93. The van der Waals surface area contributed by atoms with Crippen molar-refractivity contribution in [3.8, 4) is 12.3 Å². The Kier molecular flexibility index (Phi) is 3.52. The molecule has 10 heavy (non-hydrogen) atoms. The second-order valence-electron chi connectivity index (χ2n) is 1.89. The molecule has 55 valence electrons. The molecule has 0 saturated heterocycles. The van der Waals surface area contributed by atoms with Crippen molar-refractivity contribution in [3.63, 3.8) is 0 Å². The molecular weight excluding hydrogens is 132 g/mol. The maximum Gasteiger partial charge on any atom is 0.339 e. The molecule has 0 aromatic heterocycles. The Bertz CT molecular complexity index is 155. The molecule has 0 aliphatic heterocycles. The molecule has 0 saturated carbocycles. The number of rotatable bonds is 2. The number of carbonyl (C=O) groups excluding carboxylic acids is 1. The second kappa shape index (κ2) is 3.91. The Morgan fingerprint density at radius 3 is 2.40 bits per heavy atom. The third-order valence-electron chi connectivity index (χ3n) is 0.860. The third kappa shape index (κ3) is 3.10. The van der Waals surface area contributed by atoms with Crippen LogP contribution in [0.1, 0.15) is 13.8 Å². The second-order valence-corrected chi connectivity index (χ2v) is 1.89. The quantitative estimate of drug-likeness (QED) is 0.412. The lowest BCUT2D eigenvalue weighted by molar-refractivity contribution is -0.158. The fourth-order valence-corrected chi connectivity index (χ4v) is 0.304. The molecule has 0 rings (SSSR count). The molecule has 0 aromatic carbocycles. The van der Waals surface area contributed by atoms with Gasteiger partial charge in [0, 0.05) is 0 Å². The number of ether oxygens (including phenoxy) is 1. The van der Waals surface area contributed by atoms with Crippen LogP contribution in [0.25, 0.3) is 0 Å².